The number of halogens is 1. The van der Waals surface area contributed by atoms with E-state index in [1.807, 2.05) is 6.92 Å². The number of ketones is 1. The Morgan fingerprint density at radius 3 is 2.92 bits per heavy atom. The minimum Gasteiger partial charge on any atom is -0.387 e. The van der Waals surface area contributed by atoms with Crippen LogP contribution >= 0.6 is 11.6 Å². The number of carbonyl (C=O) groups is 1. The summed E-state index contributed by atoms with van der Waals surface area (Å²) in [5, 5.41) is 3.29. The lowest BCUT2D eigenvalue weighted by Gasteiger charge is -2.06. The maximum absolute atomic E-state index is 11.4. The summed E-state index contributed by atoms with van der Waals surface area (Å²) in [6, 6.07) is 1.64. The van der Waals surface area contributed by atoms with Gasteiger partial charge in [-0.1, -0.05) is 18.5 Å². The highest BCUT2D eigenvalue weighted by molar-refractivity contribution is 6.29. The van der Waals surface area contributed by atoms with Crippen LogP contribution in [0.3, 0.4) is 0 Å². The molecule has 0 aromatic carbocycles. The van der Waals surface area contributed by atoms with Crippen molar-refractivity contribution in [3.05, 3.63) is 23.0 Å². The molecule has 13 heavy (non-hydrogen) atoms. The summed E-state index contributed by atoms with van der Waals surface area (Å²) in [7, 11) is 1.75. The third kappa shape index (κ3) is 2.18. The number of pyridine rings is 1. The molecule has 0 saturated heterocycles. The van der Waals surface area contributed by atoms with Gasteiger partial charge in [-0.15, -0.1) is 0 Å². The van der Waals surface area contributed by atoms with Crippen molar-refractivity contribution in [2.45, 2.75) is 13.3 Å². The van der Waals surface area contributed by atoms with Gasteiger partial charge in [0.05, 0.1) is 5.56 Å². The van der Waals surface area contributed by atoms with Crippen LogP contribution in [0.4, 0.5) is 5.69 Å². The molecule has 1 aromatic heterocycles. The average Bonchev–Trinajstić information content (AvgIpc) is 2.16. The van der Waals surface area contributed by atoms with Crippen LogP contribution in [0.25, 0.3) is 0 Å². The van der Waals surface area contributed by atoms with E-state index in [0.29, 0.717) is 17.1 Å². The quantitative estimate of drug-likeness (QED) is 0.599. The van der Waals surface area contributed by atoms with Crippen molar-refractivity contribution in [1.29, 1.82) is 0 Å². The Balaban J connectivity index is 3.13. The molecule has 0 amide bonds. The first-order valence-electron chi connectivity index (χ1n) is 4.05. The Morgan fingerprint density at radius 1 is 1.69 bits per heavy atom. The summed E-state index contributed by atoms with van der Waals surface area (Å²) in [5.74, 6) is 0.0634. The number of hydrogen-bond donors (Lipinski definition) is 1. The zero-order chi connectivity index (χ0) is 9.84. The van der Waals surface area contributed by atoms with Gasteiger partial charge in [-0.3, -0.25) is 4.79 Å². The molecule has 0 fully saturated rings. The SMILES string of the molecule is CCC(=O)c1cnc(Cl)cc1NC. The molecule has 3 nitrogen and oxygen atoms in total. The molecule has 0 bridgehead atoms. The van der Waals surface area contributed by atoms with Gasteiger partial charge in [0.1, 0.15) is 5.15 Å². The van der Waals surface area contributed by atoms with Gasteiger partial charge < -0.3 is 5.32 Å². The lowest BCUT2D eigenvalue weighted by atomic mass is 10.1. The topological polar surface area (TPSA) is 42.0 Å². The number of rotatable bonds is 3. The zero-order valence-corrected chi connectivity index (χ0v) is 8.35. The highest BCUT2D eigenvalue weighted by Gasteiger charge is 2.09. The fourth-order valence-electron chi connectivity index (χ4n) is 1.05. The molecule has 1 aromatic rings. The number of Topliss-reactive ketones (excluding diaryl/α,β-unsaturated/α-hetero) is 1. The molecular formula is C9H11ClN2O. The highest BCUT2D eigenvalue weighted by atomic mass is 35.5. The van der Waals surface area contributed by atoms with Gasteiger partial charge >= 0.3 is 0 Å². The normalized spacial score (nSPS) is 9.77. The summed E-state index contributed by atoms with van der Waals surface area (Å²) in [6.45, 7) is 1.82. The van der Waals surface area contributed by atoms with E-state index in [1.54, 1.807) is 13.1 Å². The molecule has 0 aliphatic rings. The second-order valence-electron chi connectivity index (χ2n) is 2.58. The van der Waals surface area contributed by atoms with Gasteiger partial charge in [-0.2, -0.15) is 0 Å². The number of anilines is 1. The second-order valence-corrected chi connectivity index (χ2v) is 2.97. The largest absolute Gasteiger partial charge is 0.387 e. The van der Waals surface area contributed by atoms with Crippen molar-refractivity contribution >= 4 is 23.1 Å². The van der Waals surface area contributed by atoms with E-state index in [9.17, 15) is 4.79 Å². The molecule has 0 spiro atoms. The molecule has 0 aliphatic heterocycles. The Labute approximate surface area is 82.1 Å². The molecular weight excluding hydrogens is 188 g/mol. The lowest BCUT2D eigenvalue weighted by Crippen LogP contribution is -2.03. The molecule has 0 unspecified atom stereocenters. The van der Waals surface area contributed by atoms with Crippen LogP contribution < -0.4 is 5.32 Å². The van der Waals surface area contributed by atoms with E-state index >= 15 is 0 Å². The molecule has 0 aliphatic carbocycles. The Morgan fingerprint density at radius 2 is 2.38 bits per heavy atom. The van der Waals surface area contributed by atoms with Crippen LogP contribution in [0.15, 0.2) is 12.3 Å². The van der Waals surface area contributed by atoms with Gasteiger partial charge in [0.25, 0.3) is 0 Å². The first-order chi connectivity index (χ1) is 6.19. The Bertz CT molecular complexity index is 325. The van der Waals surface area contributed by atoms with E-state index in [1.165, 1.54) is 6.20 Å². The van der Waals surface area contributed by atoms with Gasteiger partial charge in [0.2, 0.25) is 0 Å². The van der Waals surface area contributed by atoms with E-state index in [4.69, 9.17) is 11.6 Å². The fourth-order valence-corrected chi connectivity index (χ4v) is 1.21. The minimum absolute atomic E-state index is 0.0634. The maximum atomic E-state index is 11.4. The third-order valence-electron chi connectivity index (χ3n) is 1.76. The molecule has 0 radical (unpaired) electrons. The van der Waals surface area contributed by atoms with E-state index in [2.05, 4.69) is 10.3 Å². The van der Waals surface area contributed by atoms with Gasteiger partial charge in [0.15, 0.2) is 5.78 Å². The van der Waals surface area contributed by atoms with Crippen molar-refractivity contribution in [2.75, 3.05) is 12.4 Å². The van der Waals surface area contributed by atoms with Crippen molar-refractivity contribution in [3.63, 3.8) is 0 Å². The Kier molecular flexibility index (Phi) is 3.25. The van der Waals surface area contributed by atoms with Crippen molar-refractivity contribution in [3.8, 4) is 0 Å². The first-order valence-corrected chi connectivity index (χ1v) is 4.43. The zero-order valence-electron chi connectivity index (χ0n) is 7.60. The monoisotopic (exact) mass is 198 g/mol. The molecule has 1 rings (SSSR count). The van der Waals surface area contributed by atoms with E-state index in [-0.39, 0.29) is 5.78 Å². The predicted molar refractivity (Wildman–Crippen MR) is 53.4 cm³/mol. The number of aromatic nitrogens is 1. The summed E-state index contributed by atoms with van der Waals surface area (Å²) in [4.78, 5) is 15.2. The average molecular weight is 199 g/mol. The second kappa shape index (κ2) is 4.23. The van der Waals surface area contributed by atoms with Crippen LogP contribution in [-0.4, -0.2) is 17.8 Å². The van der Waals surface area contributed by atoms with Crippen molar-refractivity contribution in [2.24, 2.45) is 0 Å². The number of nitrogens with one attached hydrogen (secondary N) is 1. The van der Waals surface area contributed by atoms with E-state index in [0.717, 1.165) is 5.69 Å². The van der Waals surface area contributed by atoms with Gasteiger partial charge in [-0.05, 0) is 6.07 Å². The Hall–Kier alpha value is -1.09. The smallest absolute Gasteiger partial charge is 0.166 e. The summed E-state index contributed by atoms with van der Waals surface area (Å²) in [6.07, 6.45) is 1.97. The maximum Gasteiger partial charge on any atom is 0.166 e. The number of hydrogen-bond acceptors (Lipinski definition) is 3. The van der Waals surface area contributed by atoms with Crippen LogP contribution in [0, 0.1) is 0 Å². The van der Waals surface area contributed by atoms with Gasteiger partial charge in [-0.25, -0.2) is 4.98 Å². The van der Waals surface area contributed by atoms with Crippen molar-refractivity contribution < 1.29 is 4.79 Å². The molecule has 70 valence electrons. The summed E-state index contributed by atoms with van der Waals surface area (Å²) in [5.41, 5.74) is 1.32. The molecule has 0 atom stereocenters. The lowest BCUT2D eigenvalue weighted by molar-refractivity contribution is 0.0988. The molecule has 1 heterocycles. The minimum atomic E-state index is 0.0634. The van der Waals surface area contributed by atoms with Crippen LogP contribution in [0.2, 0.25) is 5.15 Å². The first kappa shape index (κ1) is 9.99. The standard InChI is InChI=1S/C9H11ClN2O/c1-3-8(13)6-5-12-9(10)4-7(6)11-2/h4-5H,3H2,1-2H3,(H,11,12). The number of nitrogens with zero attached hydrogens (tertiary/aromatic N) is 1. The van der Waals surface area contributed by atoms with Crippen LogP contribution in [0.1, 0.15) is 23.7 Å². The van der Waals surface area contributed by atoms with Crippen molar-refractivity contribution in [1.82, 2.24) is 4.98 Å². The molecule has 1 N–H and O–H groups in total. The third-order valence-corrected chi connectivity index (χ3v) is 1.97. The number of carbonyl (C=O) groups excluding carboxylic acids is 1. The predicted octanol–water partition coefficient (Wildman–Crippen LogP) is 2.37. The summed E-state index contributed by atoms with van der Waals surface area (Å²) >= 11 is 5.68. The van der Waals surface area contributed by atoms with Gasteiger partial charge in [0, 0.05) is 25.4 Å². The highest BCUT2D eigenvalue weighted by Crippen LogP contribution is 2.19. The summed E-state index contributed by atoms with van der Waals surface area (Å²) < 4.78 is 0. The fraction of sp³-hybridized carbons (Fsp3) is 0.333. The van der Waals surface area contributed by atoms with Crippen LogP contribution in [0.5, 0.6) is 0 Å². The molecule has 0 saturated carbocycles. The van der Waals surface area contributed by atoms with Crippen LogP contribution in [-0.2, 0) is 0 Å². The molecule has 4 heteroatoms. The van der Waals surface area contributed by atoms with E-state index < -0.39 is 0 Å².